The number of nitrogens with zero attached hydrogens (tertiary/aromatic N) is 3. The number of carbonyl (C=O) groups is 1. The Labute approximate surface area is 113 Å². The Hall–Kier alpha value is -2.09. The van der Waals surface area contributed by atoms with Crippen LogP contribution in [0, 0.1) is 17.2 Å². The van der Waals surface area contributed by atoms with Gasteiger partial charge in [0.2, 0.25) is 5.91 Å². The molecular weight excluding hydrogens is 240 g/mol. The van der Waals surface area contributed by atoms with Gasteiger partial charge in [0.15, 0.2) is 0 Å². The van der Waals surface area contributed by atoms with Crippen LogP contribution in [-0.4, -0.2) is 30.5 Å². The van der Waals surface area contributed by atoms with Gasteiger partial charge in [-0.3, -0.25) is 4.79 Å². The quantitative estimate of drug-likeness (QED) is 0.887. The number of amides is 1. The third kappa shape index (κ3) is 3.44. The molecule has 1 aliphatic rings. The number of rotatable bonds is 3. The summed E-state index contributed by atoms with van der Waals surface area (Å²) in [4.78, 5) is 17.4. The molecule has 0 saturated carbocycles. The molecule has 0 radical (unpaired) electrons. The fourth-order valence-electron chi connectivity index (χ4n) is 2.45. The molecule has 0 bridgehead atoms. The van der Waals surface area contributed by atoms with E-state index in [4.69, 9.17) is 5.26 Å². The molecule has 5 nitrogen and oxygen atoms in total. The minimum Gasteiger partial charge on any atom is -0.356 e. The number of anilines is 1. The second kappa shape index (κ2) is 6.19. The largest absolute Gasteiger partial charge is 0.356 e. The van der Waals surface area contributed by atoms with Gasteiger partial charge in [-0.1, -0.05) is 0 Å². The van der Waals surface area contributed by atoms with Gasteiger partial charge in [0.05, 0.1) is 5.56 Å². The minimum atomic E-state index is 0.00711. The van der Waals surface area contributed by atoms with Crippen molar-refractivity contribution in [3.8, 4) is 6.07 Å². The van der Waals surface area contributed by atoms with Gasteiger partial charge in [-0.05, 0) is 30.9 Å². The fraction of sp³-hybridized carbons (Fsp3) is 0.500. The Bertz CT molecular complexity index is 494. The lowest BCUT2D eigenvalue weighted by Crippen LogP contribution is -2.41. The third-order valence-electron chi connectivity index (χ3n) is 3.37. The minimum absolute atomic E-state index is 0.00711. The van der Waals surface area contributed by atoms with Crippen molar-refractivity contribution >= 4 is 11.7 Å². The number of nitriles is 1. The standard InChI is InChI=1S/C14H18N4O/c1-11(19)17-9-12-4-3-7-18(10-12)14-13(8-15)5-2-6-16-14/h2,5-6,12H,3-4,7,9-10H2,1H3,(H,17,19)/t12-/m1/s1. The molecule has 100 valence electrons. The van der Waals surface area contributed by atoms with Crippen molar-refractivity contribution in [3.05, 3.63) is 23.9 Å². The molecule has 2 rings (SSSR count). The van der Waals surface area contributed by atoms with Crippen molar-refractivity contribution in [2.24, 2.45) is 5.92 Å². The molecule has 0 spiro atoms. The zero-order chi connectivity index (χ0) is 13.7. The maximum absolute atomic E-state index is 11.0. The molecule has 1 aromatic heterocycles. The number of nitrogens with one attached hydrogen (secondary N) is 1. The number of carbonyl (C=O) groups excluding carboxylic acids is 1. The van der Waals surface area contributed by atoms with Gasteiger partial charge >= 0.3 is 0 Å². The molecule has 1 aromatic rings. The summed E-state index contributed by atoms with van der Waals surface area (Å²) >= 11 is 0. The monoisotopic (exact) mass is 258 g/mol. The van der Waals surface area contributed by atoms with Gasteiger partial charge in [0, 0.05) is 32.8 Å². The average Bonchev–Trinajstić information content (AvgIpc) is 2.45. The highest BCUT2D eigenvalue weighted by atomic mass is 16.1. The summed E-state index contributed by atoms with van der Waals surface area (Å²) in [6, 6.07) is 5.75. The summed E-state index contributed by atoms with van der Waals surface area (Å²) < 4.78 is 0. The second-order valence-corrected chi connectivity index (χ2v) is 4.88. The van der Waals surface area contributed by atoms with E-state index >= 15 is 0 Å². The van der Waals surface area contributed by atoms with Gasteiger partial charge in [-0.2, -0.15) is 5.26 Å². The van der Waals surface area contributed by atoms with Gasteiger partial charge in [0.1, 0.15) is 11.9 Å². The molecule has 5 heteroatoms. The lowest BCUT2D eigenvalue weighted by atomic mass is 9.97. The van der Waals surface area contributed by atoms with Crippen LogP contribution >= 0.6 is 0 Å². The maximum atomic E-state index is 11.0. The van der Waals surface area contributed by atoms with Gasteiger partial charge in [-0.15, -0.1) is 0 Å². The number of hydrogen-bond acceptors (Lipinski definition) is 4. The van der Waals surface area contributed by atoms with Crippen LogP contribution in [0.25, 0.3) is 0 Å². The molecule has 0 unspecified atom stereocenters. The molecule has 2 heterocycles. The molecule has 1 aliphatic heterocycles. The van der Waals surface area contributed by atoms with E-state index in [1.165, 1.54) is 6.92 Å². The molecule has 0 aromatic carbocycles. The fourth-order valence-corrected chi connectivity index (χ4v) is 2.45. The Kier molecular flexibility index (Phi) is 4.35. The van der Waals surface area contributed by atoms with E-state index in [0.29, 0.717) is 18.0 Å². The van der Waals surface area contributed by atoms with E-state index in [1.807, 2.05) is 0 Å². The molecular formula is C14H18N4O. The Morgan fingerprint density at radius 1 is 1.68 bits per heavy atom. The lowest BCUT2D eigenvalue weighted by Gasteiger charge is -2.34. The lowest BCUT2D eigenvalue weighted by molar-refractivity contribution is -0.119. The molecule has 1 fully saturated rings. The molecule has 1 atom stereocenters. The van der Waals surface area contributed by atoms with Gasteiger partial charge in [-0.25, -0.2) is 4.98 Å². The van der Waals surface area contributed by atoms with Crippen molar-refractivity contribution in [1.82, 2.24) is 10.3 Å². The molecule has 1 amide bonds. The predicted octanol–water partition coefficient (Wildman–Crippen LogP) is 1.31. The SMILES string of the molecule is CC(=O)NC[C@H]1CCCN(c2ncccc2C#N)C1. The summed E-state index contributed by atoms with van der Waals surface area (Å²) in [7, 11) is 0. The van der Waals surface area contributed by atoms with Crippen molar-refractivity contribution < 1.29 is 4.79 Å². The number of pyridine rings is 1. The van der Waals surface area contributed by atoms with Crippen molar-refractivity contribution in [1.29, 1.82) is 5.26 Å². The zero-order valence-electron chi connectivity index (χ0n) is 11.1. The van der Waals surface area contributed by atoms with Gasteiger partial charge < -0.3 is 10.2 Å². The summed E-state index contributed by atoms with van der Waals surface area (Å²) in [5.74, 6) is 1.19. The summed E-state index contributed by atoms with van der Waals surface area (Å²) in [5, 5.41) is 12.0. The van der Waals surface area contributed by atoms with E-state index < -0.39 is 0 Å². The Balaban J connectivity index is 2.04. The van der Waals surface area contributed by atoms with Gasteiger partial charge in [0.25, 0.3) is 0 Å². The van der Waals surface area contributed by atoms with Crippen molar-refractivity contribution in [2.45, 2.75) is 19.8 Å². The maximum Gasteiger partial charge on any atom is 0.216 e. The van der Waals surface area contributed by atoms with E-state index in [2.05, 4.69) is 21.3 Å². The average molecular weight is 258 g/mol. The van der Waals surface area contributed by atoms with E-state index in [9.17, 15) is 4.79 Å². The summed E-state index contributed by atoms with van der Waals surface area (Å²) in [5.41, 5.74) is 0.614. The molecule has 19 heavy (non-hydrogen) atoms. The summed E-state index contributed by atoms with van der Waals surface area (Å²) in [6.45, 7) is 3.99. The normalized spacial score (nSPS) is 18.7. The smallest absolute Gasteiger partial charge is 0.216 e. The highest BCUT2D eigenvalue weighted by Crippen LogP contribution is 2.23. The Morgan fingerprint density at radius 2 is 2.53 bits per heavy atom. The Morgan fingerprint density at radius 3 is 3.26 bits per heavy atom. The van der Waals surface area contributed by atoms with Crippen LogP contribution in [-0.2, 0) is 4.79 Å². The summed E-state index contributed by atoms with van der Waals surface area (Å²) in [6.07, 6.45) is 3.88. The first-order valence-electron chi connectivity index (χ1n) is 6.55. The van der Waals surface area contributed by atoms with Crippen LogP contribution in [0.1, 0.15) is 25.3 Å². The second-order valence-electron chi connectivity index (χ2n) is 4.88. The van der Waals surface area contributed by atoms with Crippen molar-refractivity contribution in [3.63, 3.8) is 0 Å². The first-order chi connectivity index (χ1) is 9.20. The van der Waals surface area contributed by atoms with Crippen molar-refractivity contribution in [2.75, 3.05) is 24.5 Å². The van der Waals surface area contributed by atoms with E-state index in [1.54, 1.807) is 18.3 Å². The van der Waals surface area contributed by atoms with Crippen LogP contribution in [0.5, 0.6) is 0 Å². The number of aromatic nitrogens is 1. The van der Waals surface area contributed by atoms with E-state index in [-0.39, 0.29) is 5.91 Å². The topological polar surface area (TPSA) is 69.0 Å². The number of piperidine rings is 1. The van der Waals surface area contributed by atoms with Crippen LogP contribution in [0.15, 0.2) is 18.3 Å². The molecule has 0 aliphatic carbocycles. The number of hydrogen-bond donors (Lipinski definition) is 1. The van der Waals surface area contributed by atoms with Crippen LogP contribution < -0.4 is 10.2 Å². The molecule has 1 N–H and O–H groups in total. The predicted molar refractivity (Wildman–Crippen MR) is 72.6 cm³/mol. The first-order valence-corrected chi connectivity index (χ1v) is 6.55. The highest BCUT2D eigenvalue weighted by molar-refractivity contribution is 5.72. The van der Waals surface area contributed by atoms with E-state index in [0.717, 1.165) is 31.7 Å². The van der Waals surface area contributed by atoms with Crippen LogP contribution in [0.3, 0.4) is 0 Å². The third-order valence-corrected chi connectivity index (χ3v) is 3.37. The molecule has 1 saturated heterocycles. The highest BCUT2D eigenvalue weighted by Gasteiger charge is 2.22. The van der Waals surface area contributed by atoms with Crippen LogP contribution in [0.2, 0.25) is 0 Å². The zero-order valence-corrected chi connectivity index (χ0v) is 11.1. The van der Waals surface area contributed by atoms with Crippen LogP contribution in [0.4, 0.5) is 5.82 Å². The first kappa shape index (κ1) is 13.3.